The zero-order valence-corrected chi connectivity index (χ0v) is 9.25. The molecule has 0 aliphatic carbocycles. The molecule has 2 amide bonds. The van der Waals surface area contributed by atoms with Crippen LogP contribution < -0.4 is 5.32 Å². The normalized spacial score (nSPS) is 24.4. The van der Waals surface area contributed by atoms with Gasteiger partial charge in [0.15, 0.2) is 0 Å². The van der Waals surface area contributed by atoms with Gasteiger partial charge in [-0.25, -0.2) is 9.18 Å². The first kappa shape index (κ1) is 14.1. The molecule has 1 saturated heterocycles. The fraction of sp³-hybridized carbons (Fsp3) is 0.889. The van der Waals surface area contributed by atoms with Crippen molar-refractivity contribution in [2.45, 2.75) is 24.9 Å². The molecule has 17 heavy (non-hydrogen) atoms. The number of hydrogen-bond acceptors (Lipinski definition) is 5. The first-order chi connectivity index (χ1) is 8.08. The van der Waals surface area contributed by atoms with E-state index < -0.39 is 37.7 Å². The van der Waals surface area contributed by atoms with Crippen molar-refractivity contribution in [2.24, 2.45) is 0 Å². The van der Waals surface area contributed by atoms with Crippen LogP contribution in [0, 0.1) is 0 Å². The number of halogens is 1. The van der Waals surface area contributed by atoms with Gasteiger partial charge in [-0.05, 0) is 0 Å². The second kappa shape index (κ2) is 6.70. The molecule has 0 bridgehead atoms. The summed E-state index contributed by atoms with van der Waals surface area (Å²) in [4.78, 5) is 12.6. The summed E-state index contributed by atoms with van der Waals surface area (Å²) in [5.74, 6) is 0. The molecule has 1 rings (SSSR count). The molecular weight excluding hydrogens is 235 g/mol. The second-order valence-electron chi connectivity index (χ2n) is 3.76. The second-order valence-corrected chi connectivity index (χ2v) is 3.76. The third-order valence-electron chi connectivity index (χ3n) is 2.46. The quantitative estimate of drug-likeness (QED) is 0.455. The summed E-state index contributed by atoms with van der Waals surface area (Å²) in [5.41, 5.74) is 0. The topological polar surface area (TPSA) is 102 Å². The van der Waals surface area contributed by atoms with Crippen LogP contribution in [0.3, 0.4) is 0 Å². The van der Waals surface area contributed by atoms with Crippen molar-refractivity contribution in [3.05, 3.63) is 0 Å². The summed E-state index contributed by atoms with van der Waals surface area (Å²) in [6.07, 6.45) is -3.01. The molecule has 100 valence electrons. The summed E-state index contributed by atoms with van der Waals surface area (Å²) in [5, 5.41) is 29.4. The number of aliphatic hydroxyl groups excluding tert-OH is 3. The molecule has 1 heterocycles. The van der Waals surface area contributed by atoms with Crippen LogP contribution >= 0.6 is 0 Å². The van der Waals surface area contributed by atoms with E-state index in [4.69, 9.17) is 20.1 Å². The van der Waals surface area contributed by atoms with E-state index in [2.05, 4.69) is 5.32 Å². The average Bonchev–Trinajstić information content (AvgIpc) is 2.31. The Hall–Kier alpha value is -0.960. The van der Waals surface area contributed by atoms with Gasteiger partial charge < -0.3 is 30.3 Å². The maximum Gasteiger partial charge on any atom is 0.321 e. The number of carbonyl (C=O) groups excluding carboxylic acids is 1. The third kappa shape index (κ3) is 4.08. The highest BCUT2D eigenvalue weighted by Gasteiger charge is 2.25. The van der Waals surface area contributed by atoms with Gasteiger partial charge in [0.25, 0.3) is 0 Å². The number of aliphatic hydroxyl groups is 3. The Labute approximate surface area is 97.8 Å². The first-order valence-electron chi connectivity index (χ1n) is 5.28. The molecular formula is C9H17FN2O5. The number of amides is 2. The van der Waals surface area contributed by atoms with E-state index in [9.17, 15) is 9.18 Å². The Morgan fingerprint density at radius 1 is 1.65 bits per heavy atom. The van der Waals surface area contributed by atoms with Gasteiger partial charge in [-0.2, -0.15) is 0 Å². The molecule has 0 aromatic carbocycles. The van der Waals surface area contributed by atoms with Crippen molar-refractivity contribution < 1.29 is 29.2 Å². The van der Waals surface area contributed by atoms with Gasteiger partial charge in [0.1, 0.15) is 31.8 Å². The monoisotopic (exact) mass is 252 g/mol. The maximum absolute atomic E-state index is 12.2. The predicted octanol–water partition coefficient (Wildman–Crippen LogP) is -1.61. The lowest BCUT2D eigenvalue weighted by Crippen LogP contribution is -2.53. The van der Waals surface area contributed by atoms with E-state index in [1.165, 1.54) is 4.90 Å². The van der Waals surface area contributed by atoms with E-state index in [0.717, 1.165) is 0 Å². The smallest absolute Gasteiger partial charge is 0.321 e. The molecule has 0 radical (unpaired) electrons. The number of ether oxygens (including phenoxy) is 1. The van der Waals surface area contributed by atoms with Crippen LogP contribution in [0.15, 0.2) is 0 Å². The Kier molecular flexibility index (Phi) is 5.56. The van der Waals surface area contributed by atoms with Gasteiger partial charge in [-0.1, -0.05) is 0 Å². The minimum Gasteiger partial charge on any atom is -0.394 e. The number of rotatable bonds is 6. The summed E-state index contributed by atoms with van der Waals surface area (Å²) >= 11 is 0. The molecule has 0 aromatic rings. The molecule has 0 aromatic heterocycles. The molecule has 3 atom stereocenters. The van der Waals surface area contributed by atoms with E-state index in [1.54, 1.807) is 0 Å². The van der Waals surface area contributed by atoms with E-state index in [0.29, 0.717) is 6.42 Å². The molecule has 1 aliphatic rings. The minimum absolute atomic E-state index is 0.180. The van der Waals surface area contributed by atoms with Gasteiger partial charge in [0.2, 0.25) is 0 Å². The summed E-state index contributed by atoms with van der Waals surface area (Å²) < 4.78 is 17.2. The van der Waals surface area contributed by atoms with Crippen molar-refractivity contribution in [3.8, 4) is 0 Å². The molecule has 1 unspecified atom stereocenters. The zero-order valence-electron chi connectivity index (χ0n) is 9.25. The van der Waals surface area contributed by atoms with Gasteiger partial charge in [0, 0.05) is 13.0 Å². The van der Waals surface area contributed by atoms with Crippen LogP contribution in [-0.2, 0) is 4.74 Å². The number of carbonyl (C=O) groups is 1. The van der Waals surface area contributed by atoms with Crippen molar-refractivity contribution >= 4 is 6.03 Å². The summed E-state index contributed by atoms with van der Waals surface area (Å²) in [7, 11) is 0. The van der Waals surface area contributed by atoms with E-state index in [1.807, 2.05) is 0 Å². The van der Waals surface area contributed by atoms with E-state index in [-0.39, 0.29) is 13.3 Å². The number of hydrogen-bond donors (Lipinski definition) is 4. The standard InChI is InChI=1S/C9H17FN2O5/c10-3-6(14)7(4-13)17-5-12-2-1-8(15)11-9(12)16/h6-8,13-15H,1-5H2,(H,11,16)/t6-,7+,8?/m0/s1. The molecule has 1 fully saturated rings. The van der Waals surface area contributed by atoms with Crippen LogP contribution in [0.2, 0.25) is 0 Å². The third-order valence-corrected chi connectivity index (χ3v) is 2.46. The lowest BCUT2D eigenvalue weighted by molar-refractivity contribution is -0.0981. The fourth-order valence-electron chi connectivity index (χ4n) is 1.38. The Morgan fingerprint density at radius 2 is 2.35 bits per heavy atom. The van der Waals surface area contributed by atoms with Crippen LogP contribution in [0.1, 0.15) is 6.42 Å². The molecule has 4 N–H and O–H groups in total. The highest BCUT2D eigenvalue weighted by molar-refractivity contribution is 5.74. The van der Waals surface area contributed by atoms with Crippen LogP contribution in [0.4, 0.5) is 9.18 Å². The summed E-state index contributed by atoms with van der Waals surface area (Å²) in [6.45, 7) is -1.46. The number of nitrogens with one attached hydrogen (secondary N) is 1. The van der Waals surface area contributed by atoms with Crippen molar-refractivity contribution in [2.75, 3.05) is 26.6 Å². The lowest BCUT2D eigenvalue weighted by atomic mass is 10.2. The molecule has 0 spiro atoms. The summed E-state index contributed by atoms with van der Waals surface area (Å²) in [6, 6.07) is -0.504. The van der Waals surface area contributed by atoms with Crippen molar-refractivity contribution in [3.63, 3.8) is 0 Å². The molecule has 1 aliphatic heterocycles. The maximum atomic E-state index is 12.2. The van der Waals surface area contributed by atoms with Gasteiger partial charge in [0.05, 0.1) is 6.61 Å². The molecule has 7 nitrogen and oxygen atoms in total. The highest BCUT2D eigenvalue weighted by atomic mass is 19.1. The SMILES string of the molecule is O=C1NC(O)CCN1CO[C@H](CO)[C@@H](O)CF. The van der Waals surface area contributed by atoms with Gasteiger partial charge >= 0.3 is 6.03 Å². The minimum atomic E-state index is -1.42. The van der Waals surface area contributed by atoms with Crippen molar-refractivity contribution in [1.29, 1.82) is 0 Å². The fourth-order valence-corrected chi connectivity index (χ4v) is 1.38. The Morgan fingerprint density at radius 3 is 2.88 bits per heavy atom. The Balaban J connectivity index is 2.36. The largest absolute Gasteiger partial charge is 0.394 e. The van der Waals surface area contributed by atoms with Gasteiger partial charge in [-0.15, -0.1) is 0 Å². The van der Waals surface area contributed by atoms with Crippen LogP contribution in [0.5, 0.6) is 0 Å². The zero-order chi connectivity index (χ0) is 12.8. The highest BCUT2D eigenvalue weighted by Crippen LogP contribution is 2.06. The Bertz CT molecular complexity index is 256. The predicted molar refractivity (Wildman–Crippen MR) is 54.7 cm³/mol. The van der Waals surface area contributed by atoms with Gasteiger partial charge in [-0.3, -0.25) is 0 Å². The average molecular weight is 252 g/mol. The lowest BCUT2D eigenvalue weighted by Gasteiger charge is -2.31. The van der Waals surface area contributed by atoms with Crippen LogP contribution in [0.25, 0.3) is 0 Å². The van der Waals surface area contributed by atoms with E-state index >= 15 is 0 Å². The molecule has 8 heteroatoms. The first-order valence-corrected chi connectivity index (χ1v) is 5.28. The molecule has 0 saturated carbocycles. The number of nitrogens with zero attached hydrogens (tertiary/aromatic N) is 1. The van der Waals surface area contributed by atoms with Crippen molar-refractivity contribution in [1.82, 2.24) is 10.2 Å². The number of alkyl halides is 1. The van der Waals surface area contributed by atoms with Crippen LogP contribution in [-0.4, -0.2) is 71.2 Å². The number of urea groups is 1.